The highest BCUT2D eigenvalue weighted by molar-refractivity contribution is 5.87. The lowest BCUT2D eigenvalue weighted by molar-refractivity contribution is -0.0388. The number of halogens is 2. The Morgan fingerprint density at radius 3 is 2.48 bits per heavy atom. The van der Waals surface area contributed by atoms with E-state index in [4.69, 9.17) is 4.74 Å². The van der Waals surface area contributed by atoms with E-state index in [1.165, 1.54) is 11.1 Å². The molecule has 0 bridgehead atoms. The summed E-state index contributed by atoms with van der Waals surface area (Å²) in [5.74, 6) is -2.08. The molecule has 1 amide bonds. The first-order valence-corrected chi connectivity index (χ1v) is 9.72. The second-order valence-corrected chi connectivity index (χ2v) is 8.49. The number of amides is 1. The fourth-order valence-corrected chi connectivity index (χ4v) is 3.43. The Labute approximate surface area is 169 Å². The predicted octanol–water partition coefficient (Wildman–Crippen LogP) is 4.60. The standard InChI is InChI=1S/C20H27F2N5O2/c1-13-12-14(2)27(25-13)17-23-11-8-16(24-17)26(18(28)29-19(3,4)5)15-6-9-20(21,22)10-7-15/h8,11-12,15H,6-7,9-10H2,1-5H3. The smallest absolute Gasteiger partial charge is 0.416 e. The van der Waals surface area contributed by atoms with Gasteiger partial charge in [-0.1, -0.05) is 0 Å². The van der Waals surface area contributed by atoms with Gasteiger partial charge in [0.1, 0.15) is 11.4 Å². The molecule has 0 radical (unpaired) electrons. The molecule has 0 saturated heterocycles. The normalized spacial score (nSPS) is 17.2. The summed E-state index contributed by atoms with van der Waals surface area (Å²) in [6, 6.07) is 3.06. The molecule has 0 atom stereocenters. The van der Waals surface area contributed by atoms with Gasteiger partial charge in [-0.15, -0.1) is 0 Å². The highest BCUT2D eigenvalue weighted by Crippen LogP contribution is 2.36. The third kappa shape index (κ3) is 5.07. The van der Waals surface area contributed by atoms with Crippen LogP contribution >= 0.6 is 0 Å². The van der Waals surface area contributed by atoms with Gasteiger partial charge in [0, 0.05) is 30.8 Å². The van der Waals surface area contributed by atoms with Crippen LogP contribution in [0.15, 0.2) is 18.3 Å². The van der Waals surface area contributed by atoms with Gasteiger partial charge < -0.3 is 4.74 Å². The number of alkyl halides is 2. The molecule has 9 heteroatoms. The monoisotopic (exact) mass is 407 g/mol. The van der Waals surface area contributed by atoms with E-state index in [0.29, 0.717) is 11.8 Å². The number of nitrogens with zero attached hydrogens (tertiary/aromatic N) is 5. The van der Waals surface area contributed by atoms with Crippen LogP contribution in [0.2, 0.25) is 0 Å². The number of aromatic nitrogens is 4. The number of hydrogen-bond donors (Lipinski definition) is 0. The molecule has 7 nitrogen and oxygen atoms in total. The molecular formula is C20H27F2N5O2. The average molecular weight is 407 g/mol. The van der Waals surface area contributed by atoms with Gasteiger partial charge in [0.15, 0.2) is 0 Å². The van der Waals surface area contributed by atoms with Crippen LogP contribution < -0.4 is 4.90 Å². The van der Waals surface area contributed by atoms with Gasteiger partial charge in [-0.2, -0.15) is 10.1 Å². The van der Waals surface area contributed by atoms with Crippen LogP contribution in [-0.4, -0.2) is 43.4 Å². The molecule has 1 fully saturated rings. The van der Waals surface area contributed by atoms with Crippen LogP contribution in [0.5, 0.6) is 0 Å². The summed E-state index contributed by atoms with van der Waals surface area (Å²) in [5.41, 5.74) is 0.940. The van der Waals surface area contributed by atoms with Gasteiger partial charge in [0.25, 0.3) is 5.95 Å². The van der Waals surface area contributed by atoms with E-state index in [9.17, 15) is 13.6 Å². The second kappa shape index (κ2) is 7.68. The molecule has 2 heterocycles. The molecule has 158 valence electrons. The molecule has 0 aromatic carbocycles. The molecular weight excluding hydrogens is 380 g/mol. The van der Waals surface area contributed by atoms with Crippen molar-refractivity contribution in [3.63, 3.8) is 0 Å². The third-order valence-electron chi connectivity index (χ3n) is 4.72. The molecule has 29 heavy (non-hydrogen) atoms. The molecule has 0 spiro atoms. The minimum Gasteiger partial charge on any atom is -0.443 e. The Kier molecular flexibility index (Phi) is 5.60. The van der Waals surface area contributed by atoms with Crippen molar-refractivity contribution in [1.29, 1.82) is 0 Å². The van der Waals surface area contributed by atoms with Crippen molar-refractivity contribution in [3.8, 4) is 5.95 Å². The van der Waals surface area contributed by atoms with Crippen molar-refractivity contribution in [2.45, 2.75) is 77.9 Å². The van der Waals surface area contributed by atoms with E-state index in [2.05, 4.69) is 15.1 Å². The van der Waals surface area contributed by atoms with E-state index in [0.717, 1.165) is 11.4 Å². The molecule has 0 unspecified atom stereocenters. The summed E-state index contributed by atoms with van der Waals surface area (Å²) in [6.07, 6.45) is 0.726. The molecule has 2 aromatic rings. The fraction of sp³-hybridized carbons (Fsp3) is 0.600. The minimum atomic E-state index is -2.70. The summed E-state index contributed by atoms with van der Waals surface area (Å²) in [5, 5.41) is 4.37. The van der Waals surface area contributed by atoms with Crippen molar-refractivity contribution in [2.24, 2.45) is 0 Å². The van der Waals surface area contributed by atoms with Gasteiger partial charge in [0.05, 0.1) is 5.69 Å². The minimum absolute atomic E-state index is 0.172. The van der Waals surface area contributed by atoms with E-state index >= 15 is 0 Å². The highest BCUT2D eigenvalue weighted by Gasteiger charge is 2.40. The summed E-state index contributed by atoms with van der Waals surface area (Å²) in [6.45, 7) is 9.03. The summed E-state index contributed by atoms with van der Waals surface area (Å²) < 4.78 is 34.5. The number of anilines is 1. The summed E-state index contributed by atoms with van der Waals surface area (Å²) >= 11 is 0. The molecule has 1 aliphatic rings. The Balaban J connectivity index is 1.96. The van der Waals surface area contributed by atoms with Crippen LogP contribution in [-0.2, 0) is 4.74 Å². The lowest BCUT2D eigenvalue weighted by Crippen LogP contribution is -2.47. The van der Waals surface area contributed by atoms with Gasteiger partial charge >= 0.3 is 6.09 Å². The van der Waals surface area contributed by atoms with Crippen LogP contribution in [0.1, 0.15) is 57.8 Å². The molecule has 3 rings (SSSR count). The lowest BCUT2D eigenvalue weighted by atomic mass is 9.91. The molecule has 0 aliphatic heterocycles. The van der Waals surface area contributed by atoms with Crippen LogP contribution in [0.25, 0.3) is 5.95 Å². The zero-order valence-corrected chi connectivity index (χ0v) is 17.4. The zero-order chi connectivity index (χ0) is 21.4. The first-order chi connectivity index (χ1) is 13.5. The van der Waals surface area contributed by atoms with Crippen LogP contribution in [0, 0.1) is 13.8 Å². The van der Waals surface area contributed by atoms with Crippen LogP contribution in [0.3, 0.4) is 0 Å². The Morgan fingerprint density at radius 2 is 1.93 bits per heavy atom. The molecule has 1 aliphatic carbocycles. The van der Waals surface area contributed by atoms with Crippen molar-refractivity contribution >= 4 is 11.9 Å². The number of carbonyl (C=O) groups is 1. The first kappa shape index (κ1) is 21.1. The number of carbonyl (C=O) groups excluding carboxylic acids is 1. The van der Waals surface area contributed by atoms with Crippen molar-refractivity contribution in [2.75, 3.05) is 4.90 Å². The quantitative estimate of drug-likeness (QED) is 0.744. The van der Waals surface area contributed by atoms with Gasteiger partial charge in [0.2, 0.25) is 5.92 Å². The summed E-state index contributed by atoms with van der Waals surface area (Å²) in [7, 11) is 0. The highest BCUT2D eigenvalue weighted by atomic mass is 19.3. The number of rotatable bonds is 3. The Bertz CT molecular complexity index is 881. The average Bonchev–Trinajstić information content (AvgIpc) is 2.94. The number of aryl methyl sites for hydroxylation is 2. The number of ether oxygens (including phenoxy) is 1. The maximum absolute atomic E-state index is 13.7. The summed E-state index contributed by atoms with van der Waals surface area (Å²) in [4.78, 5) is 23.1. The first-order valence-electron chi connectivity index (χ1n) is 9.72. The molecule has 0 N–H and O–H groups in total. The van der Waals surface area contributed by atoms with Gasteiger partial charge in [-0.3, -0.25) is 4.90 Å². The maximum Gasteiger partial charge on any atom is 0.416 e. The molecule has 1 saturated carbocycles. The SMILES string of the molecule is Cc1cc(C)n(-c2nccc(N(C(=O)OC(C)(C)C)C3CCC(F)(F)CC3)n2)n1. The van der Waals surface area contributed by atoms with Crippen LogP contribution in [0.4, 0.5) is 19.4 Å². The lowest BCUT2D eigenvalue weighted by Gasteiger charge is -2.36. The molecule has 2 aromatic heterocycles. The van der Waals surface area contributed by atoms with E-state index in [1.54, 1.807) is 31.5 Å². The third-order valence-corrected chi connectivity index (χ3v) is 4.72. The fourth-order valence-electron chi connectivity index (χ4n) is 3.43. The van der Waals surface area contributed by atoms with E-state index in [1.807, 2.05) is 19.9 Å². The second-order valence-electron chi connectivity index (χ2n) is 8.49. The van der Waals surface area contributed by atoms with Crippen molar-refractivity contribution < 1.29 is 18.3 Å². The van der Waals surface area contributed by atoms with E-state index in [-0.39, 0.29) is 25.7 Å². The topological polar surface area (TPSA) is 73.1 Å². The zero-order valence-electron chi connectivity index (χ0n) is 17.4. The largest absolute Gasteiger partial charge is 0.443 e. The van der Waals surface area contributed by atoms with Crippen molar-refractivity contribution in [3.05, 3.63) is 29.7 Å². The van der Waals surface area contributed by atoms with E-state index < -0.39 is 23.7 Å². The Morgan fingerprint density at radius 1 is 1.28 bits per heavy atom. The number of hydrogen-bond acceptors (Lipinski definition) is 5. The van der Waals surface area contributed by atoms with Gasteiger partial charge in [-0.25, -0.2) is 23.2 Å². The van der Waals surface area contributed by atoms with Gasteiger partial charge in [-0.05, 0) is 59.6 Å². The van der Waals surface area contributed by atoms with Crippen molar-refractivity contribution in [1.82, 2.24) is 19.7 Å². The Hall–Kier alpha value is -2.58. The maximum atomic E-state index is 13.7. The predicted molar refractivity (Wildman–Crippen MR) is 105 cm³/mol.